The summed E-state index contributed by atoms with van der Waals surface area (Å²) in [7, 11) is 0. The van der Waals surface area contributed by atoms with Crippen LogP contribution in [0.1, 0.15) is 72.1 Å². The first-order chi connectivity index (χ1) is 11.1. The van der Waals surface area contributed by atoms with Crippen molar-refractivity contribution in [2.75, 3.05) is 13.2 Å². The van der Waals surface area contributed by atoms with Gasteiger partial charge in [0.25, 0.3) is 0 Å². The number of allylic oxidation sites excluding steroid dienone is 1. The standard InChI is InChI=1S/C18H30O5/c1-4-7-8-9-10-11-12-15(17(20)22-5-2)13-14-16(19)18(21)23-6-3/h13H,4-12,14H2,1-3H3. The molecule has 0 aliphatic heterocycles. The Kier molecular flexibility index (Phi) is 13.0. The number of unbranched alkanes of at least 4 members (excludes halogenated alkanes) is 5. The molecule has 0 atom stereocenters. The van der Waals surface area contributed by atoms with Gasteiger partial charge in [-0.05, 0) is 26.7 Å². The first-order valence-electron chi connectivity index (χ1n) is 8.62. The number of ketones is 1. The fraction of sp³-hybridized carbons (Fsp3) is 0.722. The van der Waals surface area contributed by atoms with Crippen molar-refractivity contribution < 1.29 is 23.9 Å². The molecule has 0 fully saturated rings. The molecule has 0 N–H and O–H groups in total. The van der Waals surface area contributed by atoms with Crippen LogP contribution in [-0.2, 0) is 23.9 Å². The van der Waals surface area contributed by atoms with Crippen molar-refractivity contribution in [1.29, 1.82) is 0 Å². The second-order valence-corrected chi connectivity index (χ2v) is 5.32. The Hall–Kier alpha value is -1.65. The van der Waals surface area contributed by atoms with Crippen molar-refractivity contribution in [2.45, 2.75) is 72.1 Å². The third-order valence-corrected chi connectivity index (χ3v) is 3.37. The molecule has 0 aromatic heterocycles. The highest BCUT2D eigenvalue weighted by atomic mass is 16.5. The third-order valence-electron chi connectivity index (χ3n) is 3.37. The summed E-state index contributed by atoms with van der Waals surface area (Å²) < 4.78 is 9.65. The van der Waals surface area contributed by atoms with Crippen LogP contribution >= 0.6 is 0 Å². The van der Waals surface area contributed by atoms with Gasteiger partial charge in [0, 0.05) is 12.0 Å². The van der Waals surface area contributed by atoms with Gasteiger partial charge in [-0.3, -0.25) is 4.79 Å². The lowest BCUT2D eigenvalue weighted by Crippen LogP contribution is -2.17. The molecule has 0 bridgehead atoms. The largest absolute Gasteiger partial charge is 0.463 e. The third kappa shape index (κ3) is 10.7. The molecule has 0 aliphatic carbocycles. The quantitative estimate of drug-likeness (QED) is 0.223. The second kappa shape index (κ2) is 14.0. The molecular formula is C18H30O5. The lowest BCUT2D eigenvalue weighted by molar-refractivity contribution is -0.153. The zero-order valence-electron chi connectivity index (χ0n) is 14.7. The molecule has 0 radical (unpaired) electrons. The van der Waals surface area contributed by atoms with Crippen molar-refractivity contribution in [3.63, 3.8) is 0 Å². The van der Waals surface area contributed by atoms with E-state index in [4.69, 9.17) is 4.74 Å². The van der Waals surface area contributed by atoms with E-state index in [1.807, 2.05) is 0 Å². The number of rotatable bonds is 13. The van der Waals surface area contributed by atoms with Crippen LogP contribution in [0.4, 0.5) is 0 Å². The number of carbonyl (C=O) groups is 3. The average molecular weight is 326 g/mol. The first kappa shape index (κ1) is 21.4. The molecule has 0 aromatic rings. The molecule has 0 unspecified atom stereocenters. The second-order valence-electron chi connectivity index (χ2n) is 5.32. The van der Waals surface area contributed by atoms with Gasteiger partial charge >= 0.3 is 11.9 Å². The van der Waals surface area contributed by atoms with Crippen LogP contribution < -0.4 is 0 Å². The van der Waals surface area contributed by atoms with Gasteiger partial charge < -0.3 is 9.47 Å². The molecule has 0 saturated heterocycles. The highest BCUT2D eigenvalue weighted by Gasteiger charge is 2.16. The Bertz CT molecular complexity index is 398. The van der Waals surface area contributed by atoms with Gasteiger partial charge in [-0.15, -0.1) is 0 Å². The summed E-state index contributed by atoms with van der Waals surface area (Å²) in [4.78, 5) is 34.8. The van der Waals surface area contributed by atoms with Crippen molar-refractivity contribution >= 4 is 17.7 Å². The molecule has 0 amide bonds. The Morgan fingerprint density at radius 2 is 1.35 bits per heavy atom. The van der Waals surface area contributed by atoms with E-state index in [9.17, 15) is 14.4 Å². The Labute approximate surface area is 139 Å². The van der Waals surface area contributed by atoms with Crippen LogP contribution in [0.5, 0.6) is 0 Å². The predicted molar refractivity (Wildman–Crippen MR) is 89.0 cm³/mol. The Morgan fingerprint density at radius 1 is 0.783 bits per heavy atom. The topological polar surface area (TPSA) is 69.7 Å². The van der Waals surface area contributed by atoms with E-state index >= 15 is 0 Å². The number of hydrogen-bond donors (Lipinski definition) is 0. The predicted octanol–water partition coefficient (Wildman–Crippen LogP) is 3.75. The van der Waals surface area contributed by atoms with Crippen LogP contribution in [-0.4, -0.2) is 30.9 Å². The zero-order valence-corrected chi connectivity index (χ0v) is 14.7. The minimum Gasteiger partial charge on any atom is -0.463 e. The smallest absolute Gasteiger partial charge is 0.374 e. The summed E-state index contributed by atoms with van der Waals surface area (Å²) >= 11 is 0. The van der Waals surface area contributed by atoms with Crippen molar-refractivity contribution in [2.24, 2.45) is 0 Å². The number of Topliss-reactive ketones (excluding diaryl/α,β-unsaturated/α-hetero) is 1. The van der Waals surface area contributed by atoms with Crippen LogP contribution in [0.2, 0.25) is 0 Å². The Balaban J connectivity index is 4.44. The molecule has 0 rings (SSSR count). The fourth-order valence-corrected chi connectivity index (χ4v) is 2.12. The maximum atomic E-state index is 11.9. The minimum absolute atomic E-state index is 0.122. The first-order valence-corrected chi connectivity index (χ1v) is 8.62. The number of esters is 2. The number of hydrogen-bond acceptors (Lipinski definition) is 5. The van der Waals surface area contributed by atoms with E-state index in [0.29, 0.717) is 18.6 Å². The van der Waals surface area contributed by atoms with E-state index < -0.39 is 17.7 Å². The lowest BCUT2D eigenvalue weighted by Gasteiger charge is -2.07. The lowest BCUT2D eigenvalue weighted by atomic mass is 10.0. The van der Waals surface area contributed by atoms with Gasteiger partial charge in [-0.2, -0.15) is 0 Å². The van der Waals surface area contributed by atoms with Crippen molar-refractivity contribution in [3.05, 3.63) is 11.6 Å². The molecular weight excluding hydrogens is 296 g/mol. The van der Waals surface area contributed by atoms with E-state index in [1.54, 1.807) is 13.8 Å². The van der Waals surface area contributed by atoms with Gasteiger partial charge in [0.1, 0.15) is 0 Å². The molecule has 132 valence electrons. The molecule has 0 aromatic carbocycles. The summed E-state index contributed by atoms with van der Waals surface area (Å²) in [5.41, 5.74) is 0.472. The SMILES string of the molecule is CCCCCCCCC(=CCC(=O)C(=O)OCC)C(=O)OCC. The number of carbonyl (C=O) groups excluding carboxylic acids is 3. The van der Waals surface area contributed by atoms with Crippen molar-refractivity contribution in [1.82, 2.24) is 0 Å². The van der Waals surface area contributed by atoms with Gasteiger partial charge in [0.05, 0.1) is 13.2 Å². The molecule has 23 heavy (non-hydrogen) atoms. The van der Waals surface area contributed by atoms with E-state index in [2.05, 4.69) is 11.7 Å². The molecule has 0 saturated carbocycles. The summed E-state index contributed by atoms with van der Waals surface area (Å²) in [5, 5.41) is 0. The van der Waals surface area contributed by atoms with E-state index in [-0.39, 0.29) is 13.0 Å². The van der Waals surface area contributed by atoms with Gasteiger partial charge in [0.15, 0.2) is 0 Å². The summed E-state index contributed by atoms with van der Waals surface area (Å²) in [6, 6.07) is 0. The normalized spacial score (nSPS) is 11.2. The Morgan fingerprint density at radius 3 is 1.96 bits per heavy atom. The maximum Gasteiger partial charge on any atom is 0.374 e. The van der Waals surface area contributed by atoms with E-state index in [0.717, 1.165) is 19.3 Å². The summed E-state index contributed by atoms with van der Waals surface area (Å²) in [5.74, 6) is -1.90. The fourth-order valence-electron chi connectivity index (χ4n) is 2.12. The van der Waals surface area contributed by atoms with Gasteiger partial charge in [0.2, 0.25) is 5.78 Å². The van der Waals surface area contributed by atoms with Gasteiger partial charge in [-0.1, -0.05) is 45.1 Å². The summed E-state index contributed by atoms with van der Waals surface area (Å²) in [6.07, 6.45) is 8.65. The van der Waals surface area contributed by atoms with Crippen LogP contribution in [0.15, 0.2) is 11.6 Å². The molecule has 0 heterocycles. The average Bonchev–Trinajstić information content (AvgIpc) is 2.53. The highest BCUT2D eigenvalue weighted by molar-refractivity contribution is 6.34. The van der Waals surface area contributed by atoms with Crippen LogP contribution in [0.3, 0.4) is 0 Å². The molecule has 5 nitrogen and oxygen atoms in total. The summed E-state index contributed by atoms with van der Waals surface area (Å²) in [6.45, 7) is 6.01. The molecule has 5 heteroatoms. The van der Waals surface area contributed by atoms with Gasteiger partial charge in [-0.25, -0.2) is 9.59 Å². The van der Waals surface area contributed by atoms with Crippen molar-refractivity contribution in [3.8, 4) is 0 Å². The zero-order chi connectivity index (χ0) is 17.5. The maximum absolute atomic E-state index is 11.9. The minimum atomic E-state index is -0.855. The number of ether oxygens (including phenoxy) is 2. The highest BCUT2D eigenvalue weighted by Crippen LogP contribution is 2.14. The van der Waals surface area contributed by atoms with E-state index in [1.165, 1.54) is 25.3 Å². The van der Waals surface area contributed by atoms with Crippen LogP contribution in [0.25, 0.3) is 0 Å². The molecule has 0 spiro atoms. The van der Waals surface area contributed by atoms with Crippen LogP contribution in [0, 0.1) is 0 Å². The monoisotopic (exact) mass is 326 g/mol. The molecule has 0 aliphatic rings.